The van der Waals surface area contributed by atoms with Crippen molar-refractivity contribution in [3.63, 3.8) is 0 Å². The van der Waals surface area contributed by atoms with E-state index in [1.54, 1.807) is 0 Å². The van der Waals surface area contributed by atoms with Gasteiger partial charge in [0.15, 0.2) is 12.8 Å². The van der Waals surface area contributed by atoms with Crippen molar-refractivity contribution in [3.05, 3.63) is 0 Å². The molecule has 4 amide bonds. The molecule has 0 saturated heterocycles. The predicted molar refractivity (Wildman–Crippen MR) is 238 cm³/mol. The van der Waals surface area contributed by atoms with Gasteiger partial charge in [-0.3, -0.25) is 24.0 Å². The molecule has 0 bridgehead atoms. The summed E-state index contributed by atoms with van der Waals surface area (Å²) in [6, 6.07) is -1.90. The van der Waals surface area contributed by atoms with Crippen LogP contribution in [0.1, 0.15) is 148 Å². The summed E-state index contributed by atoms with van der Waals surface area (Å²) in [5.41, 5.74) is 2.54. The number of carboxylic acid groups (broad SMARTS) is 3. The lowest BCUT2D eigenvalue weighted by atomic mass is 10.0. The van der Waals surface area contributed by atoms with E-state index >= 15 is 0 Å². The number of unbranched alkanes of at least 4 members (excludes halogenated alkanes) is 16. The van der Waals surface area contributed by atoms with Gasteiger partial charge in [-0.25, -0.2) is 9.59 Å². The van der Waals surface area contributed by atoms with Crippen molar-refractivity contribution in [2.45, 2.75) is 160 Å². The summed E-state index contributed by atoms with van der Waals surface area (Å²) < 4.78 is 21.3. The van der Waals surface area contributed by atoms with E-state index in [2.05, 4.69) is 38.5 Å². The molecule has 0 rings (SSSR count). The normalized spacial score (nSPS) is 11.9. The van der Waals surface area contributed by atoms with Gasteiger partial charge in [-0.15, -0.1) is 5.10 Å². The number of rotatable bonds is 48. The Labute approximate surface area is 379 Å². The lowest BCUT2D eigenvalue weighted by Crippen LogP contribution is -2.81. The largest absolute Gasteiger partial charge is 0.481 e. The molecule has 370 valence electrons. The van der Waals surface area contributed by atoms with Crippen molar-refractivity contribution in [1.82, 2.24) is 26.7 Å². The monoisotopic (exact) mass is 918 g/mol. The summed E-state index contributed by atoms with van der Waals surface area (Å²) in [5, 5.41) is 40.1. The SMILES string of the molecule is C=[NH+]N[C@@H](CCCCNC(=O)COCCOCCNC(=O)COCCOCCNC(=O)CC[C@H](NC(=O)CCCCCCCCCCCCCCCCCCC(=O)O)C(=O)O)C(=O)O. The van der Waals surface area contributed by atoms with Gasteiger partial charge in [0.2, 0.25) is 23.6 Å². The number of nitrogens with one attached hydrogen (secondary N) is 6. The number of carbonyl (C=O) groups excluding carboxylic acids is 4. The van der Waals surface area contributed by atoms with Crippen LogP contribution in [0.3, 0.4) is 0 Å². The Morgan fingerprint density at radius 2 is 0.844 bits per heavy atom. The van der Waals surface area contributed by atoms with E-state index in [0.29, 0.717) is 32.2 Å². The number of carboxylic acids is 3. The third-order valence-electron chi connectivity index (χ3n) is 10.0. The van der Waals surface area contributed by atoms with Crippen molar-refractivity contribution >= 4 is 48.3 Å². The van der Waals surface area contributed by atoms with Crippen LogP contribution in [-0.4, -0.2) is 148 Å². The first-order valence-electron chi connectivity index (χ1n) is 23.3. The van der Waals surface area contributed by atoms with Crippen LogP contribution in [0, 0.1) is 0 Å². The van der Waals surface area contributed by atoms with Gasteiger partial charge in [0.25, 0.3) is 0 Å². The van der Waals surface area contributed by atoms with Crippen LogP contribution in [0.5, 0.6) is 0 Å². The summed E-state index contributed by atoms with van der Waals surface area (Å²) >= 11 is 0. The predicted octanol–water partition coefficient (Wildman–Crippen LogP) is 1.77. The molecular formula is C44H81N6O14+. The highest BCUT2D eigenvalue weighted by Crippen LogP contribution is 2.14. The average molecular weight is 918 g/mol. The second kappa shape index (κ2) is 43.8. The number of hydrogen-bond acceptors (Lipinski definition) is 12. The van der Waals surface area contributed by atoms with Crippen LogP contribution in [0.4, 0.5) is 0 Å². The summed E-state index contributed by atoms with van der Waals surface area (Å²) in [6.07, 6.45) is 19.8. The molecule has 20 nitrogen and oxygen atoms in total. The molecule has 20 heteroatoms. The van der Waals surface area contributed by atoms with Crippen LogP contribution in [-0.2, 0) is 52.5 Å². The minimum absolute atomic E-state index is 0.0294. The molecule has 0 aromatic rings. The molecule has 0 aromatic heterocycles. The van der Waals surface area contributed by atoms with Gasteiger partial charge in [-0.2, -0.15) is 5.43 Å². The topological polar surface area (TPSA) is 291 Å². The van der Waals surface area contributed by atoms with Crippen LogP contribution in [0.15, 0.2) is 0 Å². The first-order chi connectivity index (χ1) is 31.0. The Bertz CT molecular complexity index is 1280. The third-order valence-corrected chi connectivity index (χ3v) is 10.0. The third kappa shape index (κ3) is 41.6. The molecule has 9 N–H and O–H groups in total. The zero-order valence-electron chi connectivity index (χ0n) is 38.2. The maximum Gasteiger partial charge on any atom is 0.331 e. The molecule has 64 heavy (non-hydrogen) atoms. The number of hydrogen-bond donors (Lipinski definition) is 9. The van der Waals surface area contributed by atoms with Gasteiger partial charge < -0.3 is 55.5 Å². The van der Waals surface area contributed by atoms with Gasteiger partial charge in [-0.05, 0) is 38.5 Å². The number of aliphatic carboxylic acids is 3. The molecule has 0 radical (unpaired) electrons. The van der Waals surface area contributed by atoms with E-state index in [-0.39, 0.29) is 115 Å². The Morgan fingerprint density at radius 1 is 0.422 bits per heavy atom. The standard InChI is InChI=1S/C44H80N6O14/c1-45-50-37(44(59)60)20-18-19-25-46-40(53)34-63-32-31-62-29-27-48-41(54)35-64-33-30-61-28-26-47-38(51)24-23-36(43(57)58)49-39(52)21-16-14-12-10-8-6-4-2-3-5-7-9-11-13-15-17-22-42(55)56/h36-37,50H,1-35H2,(H,46,53)(H,47,51)(H,48,54)(H,49,52)(H,55,56)(H,57,58)(H,59,60)/p+1/t36-,37-/m0/s1. The lowest BCUT2D eigenvalue weighted by Gasteiger charge is -2.14. The van der Waals surface area contributed by atoms with E-state index in [1.165, 1.54) is 57.8 Å². The van der Waals surface area contributed by atoms with E-state index in [9.17, 15) is 38.7 Å². The molecule has 0 aliphatic heterocycles. The fourth-order valence-electron chi connectivity index (χ4n) is 6.40. The highest BCUT2D eigenvalue weighted by atomic mass is 16.5. The molecule has 0 aliphatic rings. The van der Waals surface area contributed by atoms with Crippen molar-refractivity contribution in [3.8, 4) is 0 Å². The van der Waals surface area contributed by atoms with Gasteiger partial charge in [0.1, 0.15) is 19.3 Å². The van der Waals surface area contributed by atoms with Crippen LogP contribution in [0.25, 0.3) is 0 Å². The van der Waals surface area contributed by atoms with Gasteiger partial charge in [0, 0.05) is 38.9 Å². The fraction of sp³-hybridized carbons (Fsp3) is 0.818. The van der Waals surface area contributed by atoms with Crippen molar-refractivity contribution in [1.29, 1.82) is 0 Å². The second-order valence-electron chi connectivity index (χ2n) is 15.6. The molecule has 2 atom stereocenters. The quantitative estimate of drug-likeness (QED) is 0.0239. The van der Waals surface area contributed by atoms with Crippen LogP contribution >= 0.6 is 0 Å². The molecule has 0 heterocycles. The lowest BCUT2D eigenvalue weighted by molar-refractivity contribution is -0.522. The Morgan fingerprint density at radius 3 is 1.30 bits per heavy atom. The summed E-state index contributed by atoms with van der Waals surface area (Å²) in [5.74, 6) is -4.18. The number of hydrazone groups is 1. The summed E-state index contributed by atoms with van der Waals surface area (Å²) in [7, 11) is 0. The molecule has 0 aromatic carbocycles. The molecule has 0 unspecified atom stereocenters. The molecular weight excluding hydrogens is 837 g/mol. The smallest absolute Gasteiger partial charge is 0.331 e. The number of hydrazine groups is 1. The van der Waals surface area contributed by atoms with Crippen molar-refractivity contribution < 1.29 is 72.9 Å². The van der Waals surface area contributed by atoms with E-state index in [4.69, 9.17) is 29.2 Å². The molecule has 0 saturated carbocycles. The van der Waals surface area contributed by atoms with E-state index < -0.39 is 30.0 Å². The highest BCUT2D eigenvalue weighted by Gasteiger charge is 2.21. The highest BCUT2D eigenvalue weighted by molar-refractivity contribution is 5.84. The second-order valence-corrected chi connectivity index (χ2v) is 15.6. The first kappa shape index (κ1) is 59.6. The van der Waals surface area contributed by atoms with Crippen LogP contribution in [0.2, 0.25) is 0 Å². The summed E-state index contributed by atoms with van der Waals surface area (Å²) in [4.78, 5) is 81.5. The maximum absolute atomic E-state index is 12.3. The Kier molecular flexibility index (Phi) is 40.8. The van der Waals surface area contributed by atoms with Gasteiger partial charge in [0.05, 0.1) is 39.6 Å². The maximum atomic E-state index is 12.3. The van der Waals surface area contributed by atoms with Crippen LogP contribution < -0.4 is 31.8 Å². The zero-order chi connectivity index (χ0) is 47.3. The number of amides is 4. The van der Waals surface area contributed by atoms with Crippen molar-refractivity contribution in [2.24, 2.45) is 0 Å². The summed E-state index contributed by atoms with van der Waals surface area (Å²) in [6.45, 7) is 5.10. The Balaban J connectivity index is 3.65. The van der Waals surface area contributed by atoms with Gasteiger partial charge >= 0.3 is 17.9 Å². The Hall–Kier alpha value is -4.40. The van der Waals surface area contributed by atoms with Gasteiger partial charge in [-0.1, -0.05) is 89.9 Å². The fourth-order valence-corrected chi connectivity index (χ4v) is 6.40. The minimum Gasteiger partial charge on any atom is -0.481 e. The number of carbonyl (C=O) groups is 7. The molecule has 0 aliphatic carbocycles. The molecule has 0 spiro atoms. The molecule has 0 fully saturated rings. The average Bonchev–Trinajstić information content (AvgIpc) is 3.25. The van der Waals surface area contributed by atoms with Crippen molar-refractivity contribution in [2.75, 3.05) is 72.5 Å². The first-order valence-corrected chi connectivity index (χ1v) is 23.3. The van der Waals surface area contributed by atoms with E-state index in [1.807, 2.05) is 0 Å². The minimum atomic E-state index is -1.18. The number of ether oxygens (including phenoxy) is 4. The van der Waals surface area contributed by atoms with E-state index in [0.717, 1.165) is 38.5 Å². The zero-order valence-corrected chi connectivity index (χ0v) is 38.2.